The van der Waals surface area contributed by atoms with Crippen molar-refractivity contribution < 1.29 is 13.2 Å². The van der Waals surface area contributed by atoms with Gasteiger partial charge in [-0.05, 0) is 29.8 Å². The molecule has 1 heterocycles. The monoisotopic (exact) mass is 367 g/mol. The van der Waals surface area contributed by atoms with Crippen LogP contribution in [0.2, 0.25) is 5.02 Å². The van der Waals surface area contributed by atoms with Crippen LogP contribution in [0.3, 0.4) is 0 Å². The van der Waals surface area contributed by atoms with Gasteiger partial charge in [0.05, 0.1) is 10.5 Å². The predicted octanol–water partition coefficient (Wildman–Crippen LogP) is 4.39. The van der Waals surface area contributed by atoms with Gasteiger partial charge in [-0.1, -0.05) is 41.9 Å². The summed E-state index contributed by atoms with van der Waals surface area (Å²) in [7, 11) is 1.42. The van der Waals surface area contributed by atoms with Gasteiger partial charge in [-0.3, -0.25) is 0 Å². The molecule has 0 amide bonds. The quantitative estimate of drug-likeness (QED) is 0.641. The predicted molar refractivity (Wildman–Crippen MR) is 90.6 cm³/mol. The number of fused-ring (bicyclic) bond motifs is 1. The standard InChI is InChI=1S/C16H11Cl2NO3S/c17-16-12-6-9-15(23(18,20)21)19-13(12)7-8-14(16)22-10-11-4-2-1-3-5-11/h1-9H,10H2. The number of ether oxygens (including phenoxy) is 1. The molecule has 0 aliphatic heterocycles. The van der Waals surface area contributed by atoms with Crippen LogP contribution in [0.15, 0.2) is 59.6 Å². The van der Waals surface area contributed by atoms with Gasteiger partial charge in [0.25, 0.3) is 9.05 Å². The molecule has 23 heavy (non-hydrogen) atoms. The molecule has 0 spiro atoms. The van der Waals surface area contributed by atoms with Crippen molar-refractivity contribution in [1.82, 2.24) is 4.98 Å². The minimum atomic E-state index is -3.88. The third kappa shape index (κ3) is 3.58. The summed E-state index contributed by atoms with van der Waals surface area (Å²) >= 11 is 6.33. The van der Waals surface area contributed by atoms with Crippen molar-refractivity contribution in [3.8, 4) is 5.75 Å². The molecular formula is C16H11Cl2NO3S. The van der Waals surface area contributed by atoms with E-state index >= 15 is 0 Å². The van der Waals surface area contributed by atoms with E-state index in [1.54, 1.807) is 18.2 Å². The van der Waals surface area contributed by atoms with E-state index in [9.17, 15) is 8.42 Å². The van der Waals surface area contributed by atoms with E-state index in [0.717, 1.165) is 5.56 Å². The normalized spacial score (nSPS) is 11.6. The number of hydrogen-bond acceptors (Lipinski definition) is 4. The Labute approximate surface area is 143 Å². The van der Waals surface area contributed by atoms with Crippen molar-refractivity contribution in [3.05, 3.63) is 65.2 Å². The molecule has 7 heteroatoms. The van der Waals surface area contributed by atoms with Gasteiger partial charge in [-0.25, -0.2) is 13.4 Å². The first-order chi connectivity index (χ1) is 10.9. The molecule has 0 fully saturated rings. The summed E-state index contributed by atoms with van der Waals surface area (Å²) in [4.78, 5) is 4.01. The highest BCUT2D eigenvalue weighted by atomic mass is 35.7. The SMILES string of the molecule is O=S(=O)(Cl)c1ccc2c(Cl)c(OCc3ccccc3)ccc2n1. The van der Waals surface area contributed by atoms with Crippen molar-refractivity contribution in [3.63, 3.8) is 0 Å². The van der Waals surface area contributed by atoms with Crippen LogP contribution in [-0.4, -0.2) is 13.4 Å². The van der Waals surface area contributed by atoms with E-state index in [4.69, 9.17) is 27.0 Å². The maximum Gasteiger partial charge on any atom is 0.278 e. The average Bonchev–Trinajstić information content (AvgIpc) is 2.54. The van der Waals surface area contributed by atoms with E-state index in [1.807, 2.05) is 30.3 Å². The van der Waals surface area contributed by atoms with Gasteiger partial charge < -0.3 is 4.74 Å². The lowest BCUT2D eigenvalue weighted by Gasteiger charge is -2.10. The molecule has 4 nitrogen and oxygen atoms in total. The number of rotatable bonds is 4. The highest BCUT2D eigenvalue weighted by Gasteiger charge is 2.14. The molecule has 1 aromatic heterocycles. The molecule has 0 aliphatic carbocycles. The molecule has 0 bridgehead atoms. The number of nitrogens with zero attached hydrogens (tertiary/aromatic N) is 1. The van der Waals surface area contributed by atoms with Gasteiger partial charge in [0.15, 0.2) is 5.03 Å². The molecule has 118 valence electrons. The van der Waals surface area contributed by atoms with E-state index in [1.165, 1.54) is 6.07 Å². The third-order valence-electron chi connectivity index (χ3n) is 3.23. The summed E-state index contributed by atoms with van der Waals surface area (Å²) in [5.41, 5.74) is 1.45. The third-order valence-corrected chi connectivity index (χ3v) is 4.82. The zero-order valence-electron chi connectivity index (χ0n) is 11.7. The van der Waals surface area contributed by atoms with Gasteiger partial charge in [0.1, 0.15) is 12.4 Å². The fourth-order valence-corrected chi connectivity index (χ4v) is 3.09. The zero-order chi connectivity index (χ0) is 16.4. The van der Waals surface area contributed by atoms with E-state index < -0.39 is 9.05 Å². The Morgan fingerprint density at radius 3 is 2.43 bits per heavy atom. The summed E-state index contributed by atoms with van der Waals surface area (Å²) in [5, 5.41) is 0.770. The van der Waals surface area contributed by atoms with Crippen LogP contribution in [0.5, 0.6) is 5.75 Å². The highest BCUT2D eigenvalue weighted by Crippen LogP contribution is 2.33. The fraction of sp³-hybridized carbons (Fsp3) is 0.0625. The first kappa shape index (κ1) is 16.1. The second-order valence-corrected chi connectivity index (χ2v) is 7.70. The summed E-state index contributed by atoms with van der Waals surface area (Å²) in [6.07, 6.45) is 0. The molecule has 0 atom stereocenters. The molecule has 0 unspecified atom stereocenters. The second-order valence-electron chi connectivity index (χ2n) is 4.81. The van der Waals surface area contributed by atoms with E-state index in [0.29, 0.717) is 28.3 Å². The van der Waals surface area contributed by atoms with Crippen molar-refractivity contribution in [2.24, 2.45) is 0 Å². The Morgan fingerprint density at radius 2 is 1.74 bits per heavy atom. The molecule has 2 aromatic carbocycles. The van der Waals surface area contributed by atoms with Crippen LogP contribution in [0.4, 0.5) is 0 Å². The van der Waals surface area contributed by atoms with Crippen molar-refractivity contribution in [2.75, 3.05) is 0 Å². The smallest absolute Gasteiger partial charge is 0.278 e. The lowest BCUT2D eigenvalue weighted by molar-refractivity contribution is 0.307. The molecular weight excluding hydrogens is 357 g/mol. The Bertz CT molecular complexity index is 960. The van der Waals surface area contributed by atoms with Crippen LogP contribution < -0.4 is 4.74 Å². The molecule has 0 saturated carbocycles. The number of benzene rings is 2. The number of pyridine rings is 1. The van der Waals surface area contributed by atoms with Crippen LogP contribution in [0, 0.1) is 0 Å². The first-order valence-electron chi connectivity index (χ1n) is 6.66. The van der Waals surface area contributed by atoms with E-state index in [2.05, 4.69) is 4.98 Å². The minimum absolute atomic E-state index is 0.208. The molecule has 0 radical (unpaired) electrons. The molecule has 3 aromatic rings. The highest BCUT2D eigenvalue weighted by molar-refractivity contribution is 8.13. The Kier molecular flexibility index (Phi) is 4.43. The zero-order valence-corrected chi connectivity index (χ0v) is 14.1. The number of hydrogen-bond donors (Lipinski definition) is 0. The van der Waals surface area contributed by atoms with Gasteiger partial charge in [0.2, 0.25) is 0 Å². The van der Waals surface area contributed by atoms with Gasteiger partial charge in [0, 0.05) is 16.1 Å². The van der Waals surface area contributed by atoms with Gasteiger partial charge in [-0.2, -0.15) is 0 Å². The summed E-state index contributed by atoms with van der Waals surface area (Å²) in [6, 6.07) is 15.9. The van der Waals surface area contributed by atoms with Crippen molar-refractivity contribution >= 4 is 42.2 Å². The second kappa shape index (κ2) is 6.35. The Morgan fingerprint density at radius 1 is 1.00 bits per heavy atom. The average molecular weight is 368 g/mol. The van der Waals surface area contributed by atoms with Gasteiger partial charge >= 0.3 is 0 Å². The Hall–Kier alpha value is -1.82. The number of halogens is 2. The molecule has 0 saturated heterocycles. The van der Waals surface area contributed by atoms with Crippen LogP contribution in [0.25, 0.3) is 10.9 Å². The maximum atomic E-state index is 11.3. The van der Waals surface area contributed by atoms with Crippen LogP contribution >= 0.6 is 22.3 Å². The van der Waals surface area contributed by atoms with Crippen molar-refractivity contribution in [1.29, 1.82) is 0 Å². The molecule has 3 rings (SSSR count). The molecule has 0 N–H and O–H groups in total. The maximum absolute atomic E-state index is 11.3. The van der Waals surface area contributed by atoms with E-state index in [-0.39, 0.29) is 5.03 Å². The largest absolute Gasteiger partial charge is 0.487 e. The van der Waals surface area contributed by atoms with Crippen molar-refractivity contribution in [2.45, 2.75) is 11.6 Å². The minimum Gasteiger partial charge on any atom is -0.487 e. The van der Waals surface area contributed by atoms with Gasteiger partial charge in [-0.15, -0.1) is 0 Å². The topological polar surface area (TPSA) is 56.3 Å². The summed E-state index contributed by atoms with van der Waals surface area (Å²) in [6.45, 7) is 0.383. The number of aromatic nitrogens is 1. The lowest BCUT2D eigenvalue weighted by atomic mass is 10.2. The summed E-state index contributed by atoms with van der Waals surface area (Å²) < 4.78 is 28.4. The van der Waals surface area contributed by atoms with Crippen LogP contribution in [-0.2, 0) is 15.7 Å². The lowest BCUT2D eigenvalue weighted by Crippen LogP contribution is -1.98. The van der Waals surface area contributed by atoms with Crippen LogP contribution in [0.1, 0.15) is 5.56 Å². The summed E-state index contributed by atoms with van der Waals surface area (Å²) in [5.74, 6) is 0.506. The Balaban J connectivity index is 1.93. The first-order valence-corrected chi connectivity index (χ1v) is 9.34. The molecule has 0 aliphatic rings. The fourth-order valence-electron chi connectivity index (χ4n) is 2.11.